The number of nitrogens with one attached hydrogen (secondary N) is 2. The summed E-state index contributed by atoms with van der Waals surface area (Å²) < 4.78 is 18.8. The van der Waals surface area contributed by atoms with Crippen LogP contribution in [0.2, 0.25) is 0 Å². The van der Waals surface area contributed by atoms with Crippen LogP contribution in [0.25, 0.3) is 11.0 Å². The second-order valence-corrected chi connectivity index (χ2v) is 5.63. The summed E-state index contributed by atoms with van der Waals surface area (Å²) in [5, 5.41) is 12.1. The van der Waals surface area contributed by atoms with E-state index in [0.717, 1.165) is 6.07 Å². The predicted molar refractivity (Wildman–Crippen MR) is 78.5 cm³/mol. The van der Waals surface area contributed by atoms with E-state index in [1.54, 1.807) is 0 Å². The quantitative estimate of drug-likeness (QED) is 0.787. The highest BCUT2D eigenvalue weighted by molar-refractivity contribution is 6.05. The number of hydrogen-bond acceptors (Lipinski definition) is 4. The molecule has 23 heavy (non-hydrogen) atoms. The molecule has 1 aromatic carbocycles. The van der Waals surface area contributed by atoms with Crippen molar-refractivity contribution in [1.29, 1.82) is 0 Å². The molecule has 2 aromatic rings. The maximum atomic E-state index is 13.6. The van der Waals surface area contributed by atoms with Crippen LogP contribution in [0.1, 0.15) is 23.2 Å². The second-order valence-electron chi connectivity index (χ2n) is 5.63. The molecule has 1 aliphatic rings. The summed E-state index contributed by atoms with van der Waals surface area (Å²) in [5.74, 6) is -2.08. The molecule has 8 heteroatoms. The van der Waals surface area contributed by atoms with Gasteiger partial charge in [-0.05, 0) is 25.0 Å². The Morgan fingerprint density at radius 3 is 2.83 bits per heavy atom. The number of carboxylic acids is 1. The van der Waals surface area contributed by atoms with Crippen LogP contribution in [0.5, 0.6) is 0 Å². The lowest BCUT2D eigenvalue weighted by Crippen LogP contribution is -2.46. The average Bonchev–Trinajstić information content (AvgIpc) is 3.00. The van der Waals surface area contributed by atoms with Crippen molar-refractivity contribution in [3.05, 3.63) is 29.8 Å². The maximum absolute atomic E-state index is 13.6. The van der Waals surface area contributed by atoms with Crippen LogP contribution in [-0.4, -0.2) is 46.7 Å². The Morgan fingerprint density at radius 1 is 1.39 bits per heavy atom. The van der Waals surface area contributed by atoms with E-state index in [-0.39, 0.29) is 12.1 Å². The number of aromatic amines is 1. The molecule has 1 amide bonds. The van der Waals surface area contributed by atoms with Crippen LogP contribution in [0.3, 0.4) is 0 Å². The van der Waals surface area contributed by atoms with Gasteiger partial charge in [-0.25, -0.2) is 9.37 Å². The van der Waals surface area contributed by atoms with Gasteiger partial charge in [-0.2, -0.15) is 0 Å². The lowest BCUT2D eigenvalue weighted by molar-refractivity contribution is -0.154. The van der Waals surface area contributed by atoms with Gasteiger partial charge in [-0.1, -0.05) is 0 Å². The van der Waals surface area contributed by atoms with Crippen LogP contribution >= 0.6 is 0 Å². The van der Waals surface area contributed by atoms with E-state index in [9.17, 15) is 19.1 Å². The summed E-state index contributed by atoms with van der Waals surface area (Å²) in [6, 6.07) is 2.34. The third kappa shape index (κ3) is 2.89. The molecule has 1 aromatic heterocycles. The highest BCUT2D eigenvalue weighted by Crippen LogP contribution is 2.30. The number of fused-ring (bicyclic) bond motifs is 1. The molecule has 3 N–H and O–H groups in total. The molecule has 1 fully saturated rings. The molecule has 0 bridgehead atoms. The number of aromatic nitrogens is 2. The van der Waals surface area contributed by atoms with E-state index >= 15 is 0 Å². The smallest absolute Gasteiger partial charge is 0.311 e. The Labute approximate surface area is 130 Å². The Hall–Kier alpha value is -2.48. The maximum Gasteiger partial charge on any atom is 0.311 e. The van der Waals surface area contributed by atoms with Crippen molar-refractivity contribution in [2.45, 2.75) is 12.8 Å². The van der Waals surface area contributed by atoms with Gasteiger partial charge in [0.05, 0.1) is 22.8 Å². The number of rotatable bonds is 4. The van der Waals surface area contributed by atoms with E-state index in [0.29, 0.717) is 37.1 Å². The summed E-state index contributed by atoms with van der Waals surface area (Å²) in [7, 11) is 0. The molecule has 122 valence electrons. The number of benzene rings is 1. The van der Waals surface area contributed by atoms with Crippen LogP contribution < -0.4 is 5.32 Å². The lowest BCUT2D eigenvalue weighted by atomic mass is 9.80. The first-order valence-electron chi connectivity index (χ1n) is 7.24. The van der Waals surface area contributed by atoms with Gasteiger partial charge in [-0.15, -0.1) is 0 Å². The number of ether oxygens (including phenoxy) is 1. The number of halogens is 1. The monoisotopic (exact) mass is 321 g/mol. The van der Waals surface area contributed by atoms with Gasteiger partial charge < -0.3 is 20.1 Å². The molecule has 3 rings (SSSR count). The normalized spacial score (nSPS) is 17.1. The first-order chi connectivity index (χ1) is 11.0. The largest absolute Gasteiger partial charge is 0.481 e. The second kappa shape index (κ2) is 5.96. The highest BCUT2D eigenvalue weighted by Gasteiger charge is 2.40. The zero-order chi connectivity index (χ0) is 16.4. The zero-order valence-electron chi connectivity index (χ0n) is 12.3. The van der Waals surface area contributed by atoms with Crippen LogP contribution in [0.15, 0.2) is 18.5 Å². The zero-order valence-corrected chi connectivity index (χ0v) is 12.3. The molecule has 2 heterocycles. The Kier molecular flexibility index (Phi) is 3.99. The fourth-order valence-corrected chi connectivity index (χ4v) is 2.76. The third-order valence-corrected chi connectivity index (χ3v) is 4.22. The SMILES string of the molecule is O=C(NCC1(C(=O)O)CCOCC1)c1cc(F)cc2[nH]cnc12. The summed E-state index contributed by atoms with van der Waals surface area (Å²) in [4.78, 5) is 30.7. The molecule has 1 aliphatic heterocycles. The molecule has 1 saturated heterocycles. The van der Waals surface area contributed by atoms with Gasteiger partial charge in [0.2, 0.25) is 0 Å². The number of amides is 1. The standard InChI is InChI=1S/C15H16FN3O4/c16-9-5-10(12-11(6-9)18-8-19-12)13(20)17-7-15(14(21)22)1-3-23-4-2-15/h5-6,8H,1-4,7H2,(H,17,20)(H,18,19)(H,21,22). The number of nitrogens with zero attached hydrogens (tertiary/aromatic N) is 1. The van der Waals surface area contributed by atoms with Gasteiger partial charge >= 0.3 is 5.97 Å². The molecule has 0 saturated carbocycles. The number of carbonyl (C=O) groups excluding carboxylic acids is 1. The molecule has 0 atom stereocenters. The van der Waals surface area contributed by atoms with Gasteiger partial charge in [-0.3, -0.25) is 9.59 Å². The minimum Gasteiger partial charge on any atom is -0.481 e. The van der Waals surface area contributed by atoms with E-state index in [2.05, 4.69) is 15.3 Å². The molecular formula is C15H16FN3O4. The van der Waals surface area contributed by atoms with Crippen molar-refractivity contribution in [3.63, 3.8) is 0 Å². The van der Waals surface area contributed by atoms with E-state index in [1.807, 2.05) is 0 Å². The Bertz CT molecular complexity index is 752. The number of imidazole rings is 1. The third-order valence-electron chi connectivity index (χ3n) is 4.22. The van der Waals surface area contributed by atoms with Gasteiger partial charge in [0.25, 0.3) is 5.91 Å². The number of H-pyrrole nitrogens is 1. The van der Waals surface area contributed by atoms with Crippen molar-refractivity contribution in [3.8, 4) is 0 Å². The lowest BCUT2D eigenvalue weighted by Gasteiger charge is -2.33. The Balaban J connectivity index is 1.80. The van der Waals surface area contributed by atoms with Crippen molar-refractivity contribution in [2.75, 3.05) is 19.8 Å². The minimum atomic E-state index is -1.05. The summed E-state index contributed by atoms with van der Waals surface area (Å²) in [5.41, 5.74) is -0.213. The average molecular weight is 321 g/mol. The van der Waals surface area contributed by atoms with E-state index in [4.69, 9.17) is 4.74 Å². The Morgan fingerprint density at radius 2 is 2.13 bits per heavy atom. The number of carboxylic acid groups (broad SMARTS) is 1. The van der Waals surface area contributed by atoms with E-state index < -0.39 is 23.1 Å². The molecule has 0 unspecified atom stereocenters. The fourth-order valence-electron chi connectivity index (χ4n) is 2.76. The fraction of sp³-hybridized carbons (Fsp3) is 0.400. The van der Waals surface area contributed by atoms with Crippen LogP contribution in [-0.2, 0) is 9.53 Å². The minimum absolute atomic E-state index is 0.0348. The number of hydrogen-bond donors (Lipinski definition) is 3. The molecule has 0 radical (unpaired) electrons. The van der Waals surface area contributed by atoms with Crippen LogP contribution in [0.4, 0.5) is 4.39 Å². The van der Waals surface area contributed by atoms with Crippen molar-refractivity contribution in [1.82, 2.24) is 15.3 Å². The van der Waals surface area contributed by atoms with Gasteiger partial charge in [0.1, 0.15) is 11.3 Å². The van der Waals surface area contributed by atoms with Crippen LogP contribution in [0, 0.1) is 11.2 Å². The molecule has 7 nitrogen and oxygen atoms in total. The summed E-state index contributed by atoms with van der Waals surface area (Å²) >= 11 is 0. The first-order valence-corrected chi connectivity index (χ1v) is 7.24. The molecular weight excluding hydrogens is 305 g/mol. The number of aliphatic carboxylic acids is 1. The van der Waals surface area contributed by atoms with Crippen molar-refractivity contribution in [2.24, 2.45) is 5.41 Å². The number of carbonyl (C=O) groups is 2. The van der Waals surface area contributed by atoms with Gasteiger partial charge in [0.15, 0.2) is 0 Å². The molecule has 0 spiro atoms. The van der Waals surface area contributed by atoms with Crippen molar-refractivity contribution >= 4 is 22.9 Å². The summed E-state index contributed by atoms with van der Waals surface area (Å²) in [6.45, 7) is 0.643. The first kappa shape index (κ1) is 15.4. The van der Waals surface area contributed by atoms with E-state index in [1.165, 1.54) is 12.4 Å². The molecule has 0 aliphatic carbocycles. The topological polar surface area (TPSA) is 104 Å². The highest BCUT2D eigenvalue weighted by atomic mass is 19.1. The summed E-state index contributed by atoms with van der Waals surface area (Å²) in [6.07, 6.45) is 2.02. The van der Waals surface area contributed by atoms with Crippen molar-refractivity contribution < 1.29 is 23.8 Å². The van der Waals surface area contributed by atoms with Gasteiger partial charge in [0, 0.05) is 19.8 Å². The predicted octanol–water partition coefficient (Wildman–Crippen LogP) is 1.31.